The minimum Gasteiger partial charge on any atom is -0.468 e. The van der Waals surface area contributed by atoms with Crippen molar-refractivity contribution in [1.29, 1.82) is 0 Å². The van der Waals surface area contributed by atoms with Crippen molar-refractivity contribution in [3.63, 3.8) is 0 Å². The van der Waals surface area contributed by atoms with E-state index in [1.807, 2.05) is 42.5 Å². The Bertz CT molecular complexity index is 600. The first-order valence-electron chi connectivity index (χ1n) is 6.73. The maximum atomic E-state index is 12.4. The Morgan fingerprint density at radius 2 is 2.05 bits per heavy atom. The van der Waals surface area contributed by atoms with E-state index in [9.17, 15) is 9.59 Å². The third-order valence-corrected chi connectivity index (χ3v) is 4.36. The summed E-state index contributed by atoms with van der Waals surface area (Å²) in [6.45, 7) is 0. The number of ketones is 1. The molecule has 0 unspecified atom stereocenters. The minimum atomic E-state index is -0.887. The molecule has 0 heterocycles. The van der Waals surface area contributed by atoms with Crippen LogP contribution in [0.15, 0.2) is 54.6 Å². The van der Waals surface area contributed by atoms with Crippen molar-refractivity contribution in [2.24, 2.45) is 11.3 Å². The van der Waals surface area contributed by atoms with E-state index in [1.54, 1.807) is 6.08 Å². The fourth-order valence-corrected chi connectivity index (χ4v) is 3.39. The van der Waals surface area contributed by atoms with E-state index >= 15 is 0 Å². The number of hydrogen-bond acceptors (Lipinski definition) is 3. The minimum absolute atomic E-state index is 0.0145. The molecule has 0 saturated heterocycles. The SMILES string of the molecule is COC(=O)[C@]12C=CC(=O)[C@H]1CC=C[C@H]2c1ccccc1. The highest BCUT2D eigenvalue weighted by molar-refractivity contribution is 6.02. The fourth-order valence-electron chi connectivity index (χ4n) is 3.39. The van der Waals surface area contributed by atoms with Crippen LogP contribution in [0.4, 0.5) is 0 Å². The van der Waals surface area contributed by atoms with Crippen molar-refractivity contribution < 1.29 is 14.3 Å². The number of hydrogen-bond donors (Lipinski definition) is 0. The van der Waals surface area contributed by atoms with Gasteiger partial charge in [0, 0.05) is 11.8 Å². The summed E-state index contributed by atoms with van der Waals surface area (Å²) >= 11 is 0. The van der Waals surface area contributed by atoms with Crippen LogP contribution in [0.2, 0.25) is 0 Å². The highest BCUT2D eigenvalue weighted by Crippen LogP contribution is 2.52. The van der Waals surface area contributed by atoms with Crippen molar-refractivity contribution in [3.8, 4) is 0 Å². The smallest absolute Gasteiger partial charge is 0.317 e. The first-order valence-corrected chi connectivity index (χ1v) is 6.73. The van der Waals surface area contributed by atoms with Gasteiger partial charge in [-0.25, -0.2) is 0 Å². The lowest BCUT2D eigenvalue weighted by Gasteiger charge is -2.39. The van der Waals surface area contributed by atoms with Crippen molar-refractivity contribution in [2.75, 3.05) is 7.11 Å². The highest BCUT2D eigenvalue weighted by Gasteiger charge is 2.56. The highest BCUT2D eigenvalue weighted by atomic mass is 16.5. The Morgan fingerprint density at radius 1 is 1.30 bits per heavy atom. The van der Waals surface area contributed by atoms with E-state index in [-0.39, 0.29) is 23.6 Å². The monoisotopic (exact) mass is 268 g/mol. The molecule has 3 rings (SSSR count). The standard InChI is InChI=1S/C17H16O3/c1-20-16(19)17-11-10-15(18)14(17)9-5-8-13(17)12-6-3-2-4-7-12/h2-8,10-11,13-14H,9H2,1H3/t13-,14+,17-/m0/s1. The summed E-state index contributed by atoms with van der Waals surface area (Å²) in [5.74, 6) is -0.814. The summed E-state index contributed by atoms with van der Waals surface area (Å²) in [5.41, 5.74) is 0.139. The lowest BCUT2D eigenvalue weighted by Crippen LogP contribution is -2.44. The third kappa shape index (κ3) is 1.66. The van der Waals surface area contributed by atoms with Crippen LogP contribution in [0.25, 0.3) is 0 Å². The Morgan fingerprint density at radius 3 is 2.75 bits per heavy atom. The van der Waals surface area contributed by atoms with Gasteiger partial charge in [0.05, 0.1) is 7.11 Å². The summed E-state index contributed by atoms with van der Waals surface area (Å²) < 4.78 is 5.02. The zero-order valence-electron chi connectivity index (χ0n) is 11.3. The lowest BCUT2D eigenvalue weighted by atomic mass is 9.62. The van der Waals surface area contributed by atoms with E-state index in [1.165, 1.54) is 13.2 Å². The predicted octanol–water partition coefficient (Wildman–Crippen LogP) is 2.64. The average Bonchev–Trinajstić information content (AvgIpc) is 2.86. The van der Waals surface area contributed by atoms with Crippen LogP contribution in [0, 0.1) is 11.3 Å². The molecular formula is C17H16O3. The number of methoxy groups -OCH3 is 1. The van der Waals surface area contributed by atoms with Crippen LogP contribution < -0.4 is 0 Å². The summed E-state index contributed by atoms with van der Waals surface area (Å²) in [5, 5.41) is 0. The van der Waals surface area contributed by atoms with Crippen molar-refractivity contribution in [2.45, 2.75) is 12.3 Å². The number of ether oxygens (including phenoxy) is 1. The molecule has 20 heavy (non-hydrogen) atoms. The van der Waals surface area contributed by atoms with Crippen LogP contribution in [0.3, 0.4) is 0 Å². The van der Waals surface area contributed by atoms with Crippen LogP contribution in [-0.2, 0) is 14.3 Å². The topological polar surface area (TPSA) is 43.4 Å². The van der Waals surface area contributed by atoms with Gasteiger partial charge in [-0.1, -0.05) is 48.6 Å². The lowest BCUT2D eigenvalue weighted by molar-refractivity contribution is -0.155. The van der Waals surface area contributed by atoms with Crippen molar-refractivity contribution >= 4 is 11.8 Å². The molecule has 1 aromatic carbocycles. The zero-order chi connectivity index (χ0) is 14.2. The first kappa shape index (κ1) is 12.9. The Kier molecular flexibility index (Phi) is 3.05. The summed E-state index contributed by atoms with van der Waals surface area (Å²) in [4.78, 5) is 24.5. The van der Waals surface area contributed by atoms with E-state index in [0.29, 0.717) is 6.42 Å². The molecule has 102 valence electrons. The van der Waals surface area contributed by atoms with Crippen molar-refractivity contribution in [1.82, 2.24) is 0 Å². The molecule has 0 spiro atoms. The normalized spacial score (nSPS) is 31.1. The third-order valence-electron chi connectivity index (χ3n) is 4.36. The van der Waals surface area contributed by atoms with Gasteiger partial charge in [0.15, 0.2) is 5.78 Å². The van der Waals surface area contributed by atoms with Gasteiger partial charge in [0.1, 0.15) is 5.41 Å². The maximum Gasteiger partial charge on any atom is 0.317 e. The first-order chi connectivity index (χ1) is 9.70. The van der Waals surface area contributed by atoms with Crippen molar-refractivity contribution in [3.05, 3.63) is 60.2 Å². The van der Waals surface area contributed by atoms with Gasteiger partial charge in [-0.05, 0) is 18.1 Å². The molecule has 0 aromatic heterocycles. The van der Waals surface area contributed by atoms with Gasteiger partial charge >= 0.3 is 5.97 Å². The Hall–Kier alpha value is -2.16. The number of allylic oxidation sites excluding steroid dienone is 3. The number of carbonyl (C=O) groups is 2. The van der Waals surface area contributed by atoms with Gasteiger partial charge in [0.25, 0.3) is 0 Å². The Labute approximate surface area is 117 Å². The molecule has 0 radical (unpaired) electrons. The molecule has 3 nitrogen and oxygen atoms in total. The van der Waals surface area contributed by atoms with E-state index in [0.717, 1.165) is 5.56 Å². The van der Waals surface area contributed by atoms with Crippen LogP contribution >= 0.6 is 0 Å². The molecule has 2 aliphatic carbocycles. The van der Waals surface area contributed by atoms with Gasteiger partial charge in [-0.3, -0.25) is 9.59 Å². The summed E-state index contributed by atoms with van der Waals surface area (Å²) in [7, 11) is 1.38. The zero-order valence-corrected chi connectivity index (χ0v) is 11.3. The largest absolute Gasteiger partial charge is 0.468 e. The number of esters is 1. The second-order valence-corrected chi connectivity index (χ2v) is 5.27. The van der Waals surface area contributed by atoms with Crippen LogP contribution in [0.1, 0.15) is 17.9 Å². The maximum absolute atomic E-state index is 12.4. The molecule has 0 N–H and O–H groups in total. The molecule has 0 amide bonds. The van der Waals surface area contributed by atoms with Gasteiger partial charge in [-0.2, -0.15) is 0 Å². The number of fused-ring (bicyclic) bond motifs is 1. The number of benzene rings is 1. The van der Waals surface area contributed by atoms with Gasteiger partial charge in [-0.15, -0.1) is 0 Å². The molecule has 3 heteroatoms. The summed E-state index contributed by atoms with van der Waals surface area (Å²) in [6, 6.07) is 9.79. The molecule has 0 aliphatic heterocycles. The molecule has 1 aromatic rings. The molecule has 3 atom stereocenters. The van der Waals surface area contributed by atoms with Gasteiger partial charge in [0.2, 0.25) is 0 Å². The average molecular weight is 268 g/mol. The molecule has 0 saturated carbocycles. The predicted molar refractivity (Wildman–Crippen MR) is 75.0 cm³/mol. The van der Waals surface area contributed by atoms with Crippen LogP contribution in [0.5, 0.6) is 0 Å². The molecule has 0 fully saturated rings. The molecular weight excluding hydrogens is 252 g/mol. The second kappa shape index (κ2) is 4.75. The van der Waals surface area contributed by atoms with E-state index in [2.05, 4.69) is 0 Å². The number of carbonyl (C=O) groups excluding carboxylic acids is 2. The molecule has 0 bridgehead atoms. The molecule has 2 aliphatic rings. The van der Waals surface area contributed by atoms with Crippen LogP contribution in [-0.4, -0.2) is 18.9 Å². The number of rotatable bonds is 2. The quantitative estimate of drug-likeness (QED) is 0.611. The van der Waals surface area contributed by atoms with Gasteiger partial charge < -0.3 is 4.74 Å². The summed E-state index contributed by atoms with van der Waals surface area (Å²) in [6.07, 6.45) is 7.88. The second-order valence-electron chi connectivity index (χ2n) is 5.27. The fraction of sp³-hybridized carbons (Fsp3) is 0.294. The van der Waals surface area contributed by atoms with E-state index < -0.39 is 5.41 Å². The van der Waals surface area contributed by atoms with E-state index in [4.69, 9.17) is 4.74 Å². The Balaban J connectivity index is 2.15.